The number of benzene rings is 1. The van der Waals surface area contributed by atoms with Gasteiger partial charge in [0.25, 0.3) is 0 Å². The van der Waals surface area contributed by atoms with Gasteiger partial charge in [0, 0.05) is 6.08 Å². The van der Waals surface area contributed by atoms with E-state index in [0.29, 0.717) is 5.76 Å². The van der Waals surface area contributed by atoms with Crippen LogP contribution in [0.1, 0.15) is 11.3 Å². The molecule has 0 spiro atoms. The molecule has 0 fully saturated rings. The minimum atomic E-state index is -4.50. The third-order valence-corrected chi connectivity index (χ3v) is 2.73. The third-order valence-electron chi connectivity index (χ3n) is 2.73. The molecule has 1 aromatic carbocycles. The van der Waals surface area contributed by atoms with E-state index in [-0.39, 0.29) is 11.4 Å². The molecule has 116 valence electrons. The Bertz CT molecular complexity index is 676. The summed E-state index contributed by atoms with van der Waals surface area (Å²) in [7, 11) is 1.30. The average Bonchev–Trinajstić information content (AvgIpc) is 2.97. The van der Waals surface area contributed by atoms with Gasteiger partial charge < -0.3 is 14.5 Å². The number of ether oxygens (including phenoxy) is 1. The lowest BCUT2D eigenvalue weighted by molar-refractivity contribution is -0.137. The molecular formula is C15H12F3NO3. The first kappa shape index (κ1) is 15.7. The van der Waals surface area contributed by atoms with Gasteiger partial charge in [0.05, 0.1) is 24.6 Å². The summed E-state index contributed by atoms with van der Waals surface area (Å²) in [6.07, 6.45) is -0.517. The average molecular weight is 311 g/mol. The number of carbonyl (C=O) groups excluding carboxylic acids is 1. The number of nitrogens with one attached hydrogen (secondary N) is 1. The van der Waals surface area contributed by atoms with Crippen molar-refractivity contribution in [3.8, 4) is 5.75 Å². The van der Waals surface area contributed by atoms with Crippen molar-refractivity contribution in [1.29, 1.82) is 0 Å². The Morgan fingerprint density at radius 2 is 2.09 bits per heavy atom. The van der Waals surface area contributed by atoms with Gasteiger partial charge in [-0.05, 0) is 36.4 Å². The normalized spacial score (nSPS) is 11.6. The maximum absolute atomic E-state index is 12.7. The summed E-state index contributed by atoms with van der Waals surface area (Å²) in [4.78, 5) is 11.8. The van der Waals surface area contributed by atoms with Crippen LogP contribution in [0.5, 0.6) is 5.75 Å². The molecule has 22 heavy (non-hydrogen) atoms. The first-order valence-electron chi connectivity index (χ1n) is 6.18. The zero-order valence-electron chi connectivity index (χ0n) is 11.5. The Hall–Kier alpha value is -2.70. The fourth-order valence-corrected chi connectivity index (χ4v) is 1.70. The molecule has 0 aliphatic carbocycles. The van der Waals surface area contributed by atoms with Crippen LogP contribution in [-0.2, 0) is 11.0 Å². The molecule has 0 radical (unpaired) electrons. The number of rotatable bonds is 4. The van der Waals surface area contributed by atoms with E-state index in [9.17, 15) is 18.0 Å². The predicted octanol–water partition coefficient (Wildman–Crippen LogP) is 3.96. The fourth-order valence-electron chi connectivity index (χ4n) is 1.70. The molecule has 1 amide bonds. The maximum Gasteiger partial charge on any atom is 0.416 e. The molecule has 1 N–H and O–H groups in total. The van der Waals surface area contributed by atoms with Crippen LogP contribution in [0.25, 0.3) is 6.08 Å². The fraction of sp³-hybridized carbons (Fsp3) is 0.133. The predicted molar refractivity (Wildman–Crippen MR) is 74.4 cm³/mol. The van der Waals surface area contributed by atoms with E-state index < -0.39 is 17.6 Å². The van der Waals surface area contributed by atoms with Gasteiger partial charge in [-0.2, -0.15) is 13.2 Å². The number of halogens is 3. The second-order valence-corrected chi connectivity index (χ2v) is 4.25. The van der Waals surface area contributed by atoms with Crippen LogP contribution in [0.2, 0.25) is 0 Å². The van der Waals surface area contributed by atoms with Gasteiger partial charge in [-0.25, -0.2) is 0 Å². The first-order chi connectivity index (χ1) is 10.4. The second-order valence-electron chi connectivity index (χ2n) is 4.25. The summed E-state index contributed by atoms with van der Waals surface area (Å²) in [5, 5.41) is 2.34. The molecule has 0 saturated heterocycles. The number of furan rings is 1. The number of hydrogen-bond acceptors (Lipinski definition) is 3. The van der Waals surface area contributed by atoms with Crippen LogP contribution in [0.4, 0.5) is 18.9 Å². The van der Waals surface area contributed by atoms with Crippen molar-refractivity contribution in [3.63, 3.8) is 0 Å². The van der Waals surface area contributed by atoms with E-state index in [1.165, 1.54) is 19.4 Å². The highest BCUT2D eigenvalue weighted by Gasteiger charge is 2.31. The van der Waals surface area contributed by atoms with Gasteiger partial charge in [-0.3, -0.25) is 4.79 Å². The summed E-state index contributed by atoms with van der Waals surface area (Å²) in [6, 6.07) is 6.13. The number of hydrogen-bond donors (Lipinski definition) is 1. The van der Waals surface area contributed by atoms with Crippen LogP contribution >= 0.6 is 0 Å². The standard InChI is InChI=1S/C15H12F3NO3/c1-21-13-6-4-10(15(16,17)18)9-12(13)19-14(20)7-5-11-3-2-8-22-11/h2-9H,1H3,(H,19,20)/b7-5+. The summed E-state index contributed by atoms with van der Waals surface area (Å²) < 4.78 is 48.0. The Morgan fingerprint density at radius 3 is 2.68 bits per heavy atom. The lowest BCUT2D eigenvalue weighted by Crippen LogP contribution is -2.11. The smallest absolute Gasteiger partial charge is 0.416 e. The zero-order valence-corrected chi connectivity index (χ0v) is 11.5. The number of carbonyl (C=O) groups is 1. The minimum Gasteiger partial charge on any atom is -0.495 e. The maximum atomic E-state index is 12.7. The van der Waals surface area contributed by atoms with Crippen LogP contribution in [0, 0.1) is 0 Å². The Balaban J connectivity index is 2.18. The van der Waals surface area contributed by atoms with Crippen molar-refractivity contribution < 1.29 is 27.1 Å². The van der Waals surface area contributed by atoms with Gasteiger partial charge in [0.1, 0.15) is 11.5 Å². The monoisotopic (exact) mass is 311 g/mol. The molecule has 2 rings (SSSR count). The van der Waals surface area contributed by atoms with E-state index in [2.05, 4.69) is 5.32 Å². The molecule has 2 aromatic rings. The molecule has 0 aliphatic rings. The Labute approximate surface area is 124 Å². The lowest BCUT2D eigenvalue weighted by Gasteiger charge is -2.12. The van der Waals surface area contributed by atoms with Crippen molar-refractivity contribution in [1.82, 2.24) is 0 Å². The van der Waals surface area contributed by atoms with Gasteiger partial charge in [-0.15, -0.1) is 0 Å². The van der Waals surface area contributed by atoms with Crippen LogP contribution in [-0.4, -0.2) is 13.0 Å². The van der Waals surface area contributed by atoms with Crippen molar-refractivity contribution in [3.05, 3.63) is 54.0 Å². The highest BCUT2D eigenvalue weighted by molar-refractivity contribution is 6.02. The highest BCUT2D eigenvalue weighted by atomic mass is 19.4. The molecule has 0 aliphatic heterocycles. The molecule has 0 bridgehead atoms. The van der Waals surface area contributed by atoms with Crippen LogP contribution in [0.3, 0.4) is 0 Å². The number of methoxy groups -OCH3 is 1. The second kappa shape index (κ2) is 6.38. The lowest BCUT2D eigenvalue weighted by atomic mass is 10.1. The van der Waals surface area contributed by atoms with E-state index in [1.54, 1.807) is 12.1 Å². The van der Waals surface area contributed by atoms with Crippen molar-refractivity contribution in [2.24, 2.45) is 0 Å². The molecule has 0 unspecified atom stereocenters. The Kier molecular flexibility index (Phi) is 4.55. The summed E-state index contributed by atoms with van der Waals surface area (Å²) >= 11 is 0. The van der Waals surface area contributed by atoms with E-state index in [0.717, 1.165) is 24.3 Å². The van der Waals surface area contributed by atoms with Crippen molar-refractivity contribution in [2.45, 2.75) is 6.18 Å². The van der Waals surface area contributed by atoms with Gasteiger partial charge in [0.15, 0.2) is 0 Å². The summed E-state index contributed by atoms with van der Waals surface area (Å²) in [5.41, 5.74) is -0.940. The molecule has 1 heterocycles. The van der Waals surface area contributed by atoms with Crippen molar-refractivity contribution >= 4 is 17.7 Å². The zero-order chi connectivity index (χ0) is 16.2. The van der Waals surface area contributed by atoms with Crippen LogP contribution in [0.15, 0.2) is 47.1 Å². The van der Waals surface area contributed by atoms with Gasteiger partial charge in [-0.1, -0.05) is 0 Å². The number of amides is 1. The minimum absolute atomic E-state index is 0.0635. The molecular weight excluding hydrogens is 299 g/mol. The Morgan fingerprint density at radius 1 is 1.32 bits per heavy atom. The number of alkyl halides is 3. The van der Waals surface area contributed by atoms with Crippen molar-refractivity contribution in [2.75, 3.05) is 12.4 Å². The van der Waals surface area contributed by atoms with E-state index in [1.807, 2.05) is 0 Å². The highest BCUT2D eigenvalue weighted by Crippen LogP contribution is 2.34. The number of anilines is 1. The van der Waals surface area contributed by atoms with E-state index in [4.69, 9.17) is 9.15 Å². The van der Waals surface area contributed by atoms with Crippen LogP contribution < -0.4 is 10.1 Å². The third kappa shape index (κ3) is 3.91. The first-order valence-corrected chi connectivity index (χ1v) is 6.18. The van der Waals surface area contributed by atoms with Gasteiger partial charge in [0.2, 0.25) is 5.91 Å². The quantitative estimate of drug-likeness (QED) is 0.870. The summed E-state index contributed by atoms with van der Waals surface area (Å²) in [5.74, 6) is -0.0204. The molecule has 0 saturated carbocycles. The molecule has 4 nitrogen and oxygen atoms in total. The van der Waals surface area contributed by atoms with Gasteiger partial charge >= 0.3 is 6.18 Å². The summed E-state index contributed by atoms with van der Waals surface area (Å²) in [6.45, 7) is 0. The molecule has 1 aromatic heterocycles. The largest absolute Gasteiger partial charge is 0.495 e. The topological polar surface area (TPSA) is 51.5 Å². The molecule has 7 heteroatoms. The SMILES string of the molecule is COc1ccc(C(F)(F)F)cc1NC(=O)/C=C/c1ccco1. The van der Waals surface area contributed by atoms with E-state index >= 15 is 0 Å². The molecule has 0 atom stereocenters.